The molecule has 31 heavy (non-hydrogen) atoms. The Morgan fingerprint density at radius 1 is 1.06 bits per heavy atom. The number of carbonyl (C=O) groups excluding carboxylic acids is 2. The van der Waals surface area contributed by atoms with Gasteiger partial charge in [0.15, 0.2) is 0 Å². The lowest BCUT2D eigenvalue weighted by molar-refractivity contribution is -0.140. The maximum atomic E-state index is 13.0. The minimum absolute atomic E-state index is 0.0294. The molecule has 8 nitrogen and oxygen atoms in total. The number of hydrogen-bond donors (Lipinski definition) is 2. The molecule has 1 heterocycles. The summed E-state index contributed by atoms with van der Waals surface area (Å²) in [7, 11) is 4.29. The average Bonchev–Trinajstić information content (AvgIpc) is 3.02. The first-order valence-corrected chi connectivity index (χ1v) is 9.70. The van der Waals surface area contributed by atoms with E-state index in [2.05, 4.69) is 0 Å². The molecule has 0 bridgehead atoms. The highest BCUT2D eigenvalue weighted by Crippen LogP contribution is 2.43. The van der Waals surface area contributed by atoms with Crippen molar-refractivity contribution in [1.29, 1.82) is 0 Å². The molecule has 2 N–H and O–H groups in total. The van der Waals surface area contributed by atoms with Gasteiger partial charge in [0.25, 0.3) is 11.7 Å². The Kier molecular flexibility index (Phi) is 6.72. The lowest BCUT2D eigenvalue weighted by atomic mass is 9.95. The number of ether oxygens (including phenoxy) is 3. The number of phenolic OH excluding ortho intramolecular Hbond substituents is 1. The van der Waals surface area contributed by atoms with Crippen LogP contribution in [0.25, 0.3) is 5.76 Å². The number of aromatic hydroxyl groups is 1. The van der Waals surface area contributed by atoms with E-state index in [0.717, 1.165) is 0 Å². The van der Waals surface area contributed by atoms with Crippen LogP contribution in [-0.4, -0.2) is 61.3 Å². The fourth-order valence-corrected chi connectivity index (χ4v) is 3.72. The van der Waals surface area contributed by atoms with Crippen molar-refractivity contribution in [3.8, 4) is 17.2 Å². The van der Waals surface area contributed by atoms with Crippen LogP contribution in [0.2, 0.25) is 5.02 Å². The number of methoxy groups -OCH3 is 3. The Morgan fingerprint density at radius 2 is 1.71 bits per heavy atom. The zero-order valence-corrected chi connectivity index (χ0v) is 18.0. The number of hydrogen-bond acceptors (Lipinski definition) is 7. The van der Waals surface area contributed by atoms with Crippen LogP contribution in [-0.2, 0) is 14.3 Å². The number of likely N-dealkylation sites (tertiary alicyclic amines) is 1. The van der Waals surface area contributed by atoms with Crippen molar-refractivity contribution >= 4 is 29.1 Å². The van der Waals surface area contributed by atoms with E-state index in [0.29, 0.717) is 5.56 Å². The third kappa shape index (κ3) is 4.17. The lowest BCUT2D eigenvalue weighted by Gasteiger charge is -2.25. The van der Waals surface area contributed by atoms with E-state index in [1.54, 1.807) is 12.1 Å². The van der Waals surface area contributed by atoms with Crippen molar-refractivity contribution < 1.29 is 34.0 Å². The van der Waals surface area contributed by atoms with E-state index in [1.165, 1.54) is 50.5 Å². The summed E-state index contributed by atoms with van der Waals surface area (Å²) in [6.07, 6.45) is 0. The van der Waals surface area contributed by atoms with E-state index >= 15 is 0 Å². The van der Waals surface area contributed by atoms with Crippen LogP contribution in [0.4, 0.5) is 0 Å². The average molecular weight is 448 g/mol. The van der Waals surface area contributed by atoms with Crippen LogP contribution in [0.5, 0.6) is 17.2 Å². The minimum atomic E-state index is -0.887. The molecule has 0 spiro atoms. The molecule has 1 aliphatic heterocycles. The predicted octanol–water partition coefficient (Wildman–Crippen LogP) is 3.13. The molecule has 1 fully saturated rings. The second kappa shape index (κ2) is 9.28. The molecule has 1 amide bonds. The standard InChI is InChI=1S/C22H22ClNO7/c1-29-9-8-24-19(12-4-6-13(25)7-5-12)18(21(27)22(24)28)20(26)14-10-17(31-3)15(23)11-16(14)30-2/h4-7,10-11,19,25-26H,8-9H2,1-3H3/b20-18+. The molecule has 0 aliphatic carbocycles. The molecule has 2 aromatic carbocycles. The summed E-state index contributed by atoms with van der Waals surface area (Å²) in [5, 5.41) is 21.1. The van der Waals surface area contributed by atoms with Gasteiger partial charge in [0.05, 0.1) is 43.0 Å². The summed E-state index contributed by atoms with van der Waals surface area (Å²) < 4.78 is 15.6. The van der Waals surface area contributed by atoms with E-state index < -0.39 is 23.5 Å². The molecule has 1 aliphatic rings. The third-order valence-electron chi connectivity index (χ3n) is 5.01. The van der Waals surface area contributed by atoms with Gasteiger partial charge in [-0.3, -0.25) is 9.59 Å². The highest BCUT2D eigenvalue weighted by molar-refractivity contribution is 6.46. The van der Waals surface area contributed by atoms with Gasteiger partial charge in [-0.2, -0.15) is 0 Å². The molecule has 0 saturated carbocycles. The molecular formula is C22H22ClNO7. The first-order chi connectivity index (χ1) is 14.8. The number of phenols is 1. The first kappa shape index (κ1) is 22.5. The number of aliphatic hydroxyl groups is 1. The van der Waals surface area contributed by atoms with Crippen LogP contribution in [0, 0.1) is 0 Å². The van der Waals surface area contributed by atoms with Crippen LogP contribution >= 0.6 is 11.6 Å². The number of ketones is 1. The van der Waals surface area contributed by atoms with Gasteiger partial charge in [0.2, 0.25) is 0 Å². The summed E-state index contributed by atoms with van der Waals surface area (Å²) in [4.78, 5) is 27.1. The fraction of sp³-hybridized carbons (Fsp3) is 0.273. The number of amides is 1. The van der Waals surface area contributed by atoms with Crippen LogP contribution < -0.4 is 9.47 Å². The summed E-state index contributed by atoms with van der Waals surface area (Å²) in [6, 6.07) is 8.05. The Morgan fingerprint density at radius 3 is 2.29 bits per heavy atom. The van der Waals surface area contributed by atoms with Gasteiger partial charge in [0.1, 0.15) is 23.0 Å². The molecule has 2 aromatic rings. The quantitative estimate of drug-likeness (QED) is 0.381. The van der Waals surface area contributed by atoms with Crippen molar-refractivity contribution in [2.24, 2.45) is 0 Å². The largest absolute Gasteiger partial charge is 0.508 e. The van der Waals surface area contributed by atoms with Gasteiger partial charge >= 0.3 is 0 Å². The summed E-state index contributed by atoms with van der Waals surface area (Å²) in [5.41, 5.74) is 0.571. The van der Waals surface area contributed by atoms with Gasteiger partial charge < -0.3 is 29.3 Å². The molecule has 1 saturated heterocycles. The molecule has 1 unspecified atom stereocenters. The first-order valence-electron chi connectivity index (χ1n) is 9.32. The number of nitrogens with zero attached hydrogens (tertiary/aromatic N) is 1. The normalized spacial score (nSPS) is 17.8. The number of rotatable bonds is 7. The second-order valence-electron chi connectivity index (χ2n) is 6.76. The maximum absolute atomic E-state index is 13.0. The van der Waals surface area contributed by atoms with Crippen LogP contribution in [0.3, 0.4) is 0 Å². The van der Waals surface area contributed by atoms with Gasteiger partial charge in [-0.05, 0) is 23.8 Å². The van der Waals surface area contributed by atoms with E-state index in [1.807, 2.05) is 0 Å². The molecule has 9 heteroatoms. The van der Waals surface area contributed by atoms with Crippen molar-refractivity contribution in [1.82, 2.24) is 4.90 Å². The Balaban J connectivity index is 2.24. The maximum Gasteiger partial charge on any atom is 0.295 e. The zero-order chi connectivity index (χ0) is 22.7. The summed E-state index contributed by atoms with van der Waals surface area (Å²) in [5.74, 6) is -1.54. The van der Waals surface area contributed by atoms with E-state index in [9.17, 15) is 19.8 Å². The molecule has 0 radical (unpaired) electrons. The SMILES string of the molecule is COCCN1C(=O)C(=O)/C(=C(/O)c2cc(OC)c(Cl)cc2OC)C1c1ccc(O)cc1. The molecular weight excluding hydrogens is 426 g/mol. The molecule has 0 aromatic heterocycles. The van der Waals surface area contributed by atoms with Gasteiger partial charge in [-0.1, -0.05) is 23.7 Å². The van der Waals surface area contributed by atoms with E-state index in [4.69, 9.17) is 25.8 Å². The zero-order valence-electron chi connectivity index (χ0n) is 17.2. The Bertz CT molecular complexity index is 1030. The summed E-state index contributed by atoms with van der Waals surface area (Å²) in [6.45, 7) is 0.324. The fourth-order valence-electron chi connectivity index (χ4n) is 3.49. The second-order valence-corrected chi connectivity index (χ2v) is 7.17. The van der Waals surface area contributed by atoms with Crippen LogP contribution in [0.15, 0.2) is 42.0 Å². The van der Waals surface area contributed by atoms with Crippen molar-refractivity contribution in [3.05, 3.63) is 58.1 Å². The van der Waals surface area contributed by atoms with Gasteiger partial charge in [0, 0.05) is 19.7 Å². The number of halogens is 1. The highest BCUT2D eigenvalue weighted by Gasteiger charge is 2.46. The minimum Gasteiger partial charge on any atom is -0.508 e. The van der Waals surface area contributed by atoms with Crippen molar-refractivity contribution in [3.63, 3.8) is 0 Å². The summed E-state index contributed by atoms with van der Waals surface area (Å²) >= 11 is 6.15. The number of Topliss-reactive ketones (excluding diaryl/α,β-unsaturated/α-hetero) is 1. The highest BCUT2D eigenvalue weighted by atomic mass is 35.5. The Hall–Kier alpha value is -3.23. The van der Waals surface area contributed by atoms with Gasteiger partial charge in [-0.15, -0.1) is 0 Å². The van der Waals surface area contributed by atoms with E-state index in [-0.39, 0.29) is 46.6 Å². The number of carbonyl (C=O) groups is 2. The third-order valence-corrected chi connectivity index (χ3v) is 5.31. The number of aliphatic hydroxyl groups excluding tert-OH is 1. The molecule has 164 valence electrons. The topological polar surface area (TPSA) is 106 Å². The lowest BCUT2D eigenvalue weighted by Crippen LogP contribution is -2.32. The van der Waals surface area contributed by atoms with Crippen molar-refractivity contribution in [2.45, 2.75) is 6.04 Å². The number of benzene rings is 2. The predicted molar refractivity (Wildman–Crippen MR) is 114 cm³/mol. The Labute approximate surface area is 184 Å². The molecule has 3 rings (SSSR count). The smallest absolute Gasteiger partial charge is 0.295 e. The van der Waals surface area contributed by atoms with Crippen LogP contribution in [0.1, 0.15) is 17.2 Å². The van der Waals surface area contributed by atoms with Crippen molar-refractivity contribution in [2.75, 3.05) is 34.5 Å². The van der Waals surface area contributed by atoms with Gasteiger partial charge in [-0.25, -0.2) is 0 Å². The monoisotopic (exact) mass is 447 g/mol. The molecule has 1 atom stereocenters.